The first-order valence-electron chi connectivity index (χ1n) is 9.97. The highest BCUT2D eigenvalue weighted by Crippen LogP contribution is 2.41. The number of pyridine rings is 1. The molecular formula is C23H20BrN3O8. The van der Waals surface area contributed by atoms with Crippen molar-refractivity contribution < 1.29 is 34.1 Å². The third-order valence-corrected chi connectivity index (χ3v) is 5.54. The van der Waals surface area contributed by atoms with Crippen molar-refractivity contribution in [2.45, 2.75) is 6.54 Å². The molecule has 1 heterocycles. The fraction of sp³-hybridized carbons (Fsp3) is 0.130. The zero-order valence-electron chi connectivity index (χ0n) is 18.3. The molecule has 35 heavy (non-hydrogen) atoms. The van der Waals surface area contributed by atoms with Gasteiger partial charge in [-0.05, 0) is 17.7 Å². The Balaban J connectivity index is 1.95. The first kappa shape index (κ1) is 25.3. The highest BCUT2D eigenvalue weighted by atomic mass is 79.9. The molecule has 3 aromatic rings. The number of halogens is 1. The van der Waals surface area contributed by atoms with Crippen LogP contribution in [0.1, 0.15) is 26.3 Å². The van der Waals surface area contributed by atoms with Crippen LogP contribution in [0.15, 0.2) is 51.7 Å². The van der Waals surface area contributed by atoms with E-state index in [1.807, 2.05) is 35.3 Å². The van der Waals surface area contributed by atoms with Gasteiger partial charge in [0.2, 0.25) is 0 Å². The number of aromatic carboxylic acids is 2. The van der Waals surface area contributed by atoms with Gasteiger partial charge >= 0.3 is 11.9 Å². The number of carbonyl (C=O) groups excluding carboxylic acids is 1. The van der Waals surface area contributed by atoms with E-state index in [4.69, 9.17) is 15.2 Å². The second-order valence-electron chi connectivity index (χ2n) is 7.14. The third-order valence-electron chi connectivity index (χ3n) is 4.89. The van der Waals surface area contributed by atoms with Crippen molar-refractivity contribution in [1.29, 1.82) is 0 Å². The standard InChI is InChI=1S/C23H20BrN3O8/c1-34-14-7-12(17-18(22(30)31)20(25)27-21(29)19(17)23(32)33)13(24)8-15(14)35-10-16(28)26-9-11-5-3-2-4-6-11/h2-8H,9-10H2,1H3,(H,26,28)(H,30,31)(H,32,33)(H3,25,27,29). The van der Waals surface area contributed by atoms with Crippen molar-refractivity contribution in [3.63, 3.8) is 0 Å². The van der Waals surface area contributed by atoms with Gasteiger partial charge in [-0.3, -0.25) is 9.59 Å². The summed E-state index contributed by atoms with van der Waals surface area (Å²) in [5.74, 6) is -3.93. The minimum absolute atomic E-state index is 0.00956. The summed E-state index contributed by atoms with van der Waals surface area (Å²) in [7, 11) is 1.30. The Morgan fingerprint density at radius 2 is 1.71 bits per heavy atom. The molecule has 0 aliphatic carbocycles. The van der Waals surface area contributed by atoms with E-state index in [1.54, 1.807) is 0 Å². The number of hydrogen-bond donors (Lipinski definition) is 5. The predicted molar refractivity (Wildman–Crippen MR) is 129 cm³/mol. The number of benzene rings is 2. The van der Waals surface area contributed by atoms with Gasteiger partial charge in [-0.25, -0.2) is 9.59 Å². The lowest BCUT2D eigenvalue weighted by Crippen LogP contribution is -2.28. The number of amides is 1. The molecule has 0 atom stereocenters. The van der Waals surface area contributed by atoms with E-state index < -0.39 is 45.9 Å². The smallest absolute Gasteiger partial charge is 0.342 e. The van der Waals surface area contributed by atoms with Gasteiger partial charge in [-0.2, -0.15) is 0 Å². The zero-order chi connectivity index (χ0) is 25.7. The first-order chi connectivity index (χ1) is 16.6. The Morgan fingerprint density at radius 1 is 1.06 bits per heavy atom. The Kier molecular flexibility index (Phi) is 7.76. The van der Waals surface area contributed by atoms with E-state index in [1.165, 1.54) is 19.2 Å². The van der Waals surface area contributed by atoms with Crippen LogP contribution in [0, 0.1) is 0 Å². The van der Waals surface area contributed by atoms with Crippen LogP contribution in [0.25, 0.3) is 11.1 Å². The van der Waals surface area contributed by atoms with Crippen LogP contribution in [0.2, 0.25) is 0 Å². The van der Waals surface area contributed by atoms with Gasteiger partial charge in [0, 0.05) is 22.1 Å². The third kappa shape index (κ3) is 5.61. The number of H-pyrrole nitrogens is 1. The van der Waals surface area contributed by atoms with E-state index in [9.17, 15) is 29.4 Å². The summed E-state index contributed by atoms with van der Waals surface area (Å²) in [5, 5.41) is 21.9. The number of methoxy groups -OCH3 is 1. The molecule has 6 N–H and O–H groups in total. The molecule has 182 valence electrons. The summed E-state index contributed by atoms with van der Waals surface area (Å²) >= 11 is 3.26. The largest absolute Gasteiger partial charge is 0.493 e. The van der Waals surface area contributed by atoms with E-state index in [0.29, 0.717) is 6.54 Å². The number of aromatic nitrogens is 1. The molecule has 0 aliphatic rings. The Hall–Kier alpha value is -4.32. The average molecular weight is 546 g/mol. The first-order valence-corrected chi connectivity index (χ1v) is 10.8. The van der Waals surface area contributed by atoms with Gasteiger partial charge in [0.05, 0.1) is 7.11 Å². The molecule has 2 aromatic carbocycles. The summed E-state index contributed by atoms with van der Waals surface area (Å²) in [6.07, 6.45) is 0. The number of carboxylic acids is 2. The van der Waals surface area contributed by atoms with Crippen LogP contribution in [0.5, 0.6) is 11.5 Å². The lowest BCUT2D eigenvalue weighted by atomic mass is 9.95. The van der Waals surface area contributed by atoms with Crippen molar-refractivity contribution in [3.8, 4) is 22.6 Å². The number of rotatable bonds is 9. The van der Waals surface area contributed by atoms with Crippen molar-refractivity contribution in [1.82, 2.24) is 10.3 Å². The number of hydrogen-bond acceptors (Lipinski definition) is 7. The molecule has 0 spiro atoms. The van der Waals surface area contributed by atoms with E-state index in [2.05, 4.69) is 21.2 Å². The molecule has 0 saturated heterocycles. The molecule has 12 heteroatoms. The van der Waals surface area contributed by atoms with Gasteiger partial charge in [-0.1, -0.05) is 46.3 Å². The lowest BCUT2D eigenvalue weighted by Gasteiger charge is -2.17. The summed E-state index contributed by atoms with van der Waals surface area (Å²) in [6.45, 7) is -0.0452. The minimum Gasteiger partial charge on any atom is -0.493 e. The molecule has 0 aliphatic heterocycles. The predicted octanol–water partition coefficient (Wildman–Crippen LogP) is 2.49. The normalized spacial score (nSPS) is 10.5. The number of nitrogen functional groups attached to an aromatic ring is 1. The van der Waals surface area contributed by atoms with Crippen LogP contribution in [0.4, 0.5) is 5.82 Å². The molecule has 1 amide bonds. The van der Waals surface area contributed by atoms with Crippen molar-refractivity contribution in [3.05, 3.63) is 74.0 Å². The fourth-order valence-corrected chi connectivity index (χ4v) is 3.83. The quantitative estimate of drug-likeness (QED) is 0.269. The van der Waals surface area contributed by atoms with Gasteiger partial charge < -0.3 is 35.7 Å². The Morgan fingerprint density at radius 3 is 2.31 bits per heavy atom. The molecular weight excluding hydrogens is 526 g/mol. The molecule has 0 saturated carbocycles. The number of nitrogens with two attached hydrogens (primary N) is 1. The van der Waals surface area contributed by atoms with Crippen LogP contribution in [-0.2, 0) is 11.3 Å². The number of ether oxygens (including phenoxy) is 2. The van der Waals surface area contributed by atoms with Crippen LogP contribution >= 0.6 is 15.9 Å². The lowest BCUT2D eigenvalue weighted by molar-refractivity contribution is -0.123. The molecule has 0 radical (unpaired) electrons. The Bertz CT molecular complexity index is 1360. The Labute approximate surface area is 206 Å². The molecule has 3 rings (SSSR count). The highest BCUT2D eigenvalue weighted by molar-refractivity contribution is 9.10. The van der Waals surface area contributed by atoms with Gasteiger partial charge in [-0.15, -0.1) is 0 Å². The number of carboxylic acid groups (broad SMARTS) is 2. The summed E-state index contributed by atoms with van der Waals surface area (Å²) in [6, 6.07) is 11.9. The van der Waals surface area contributed by atoms with Crippen molar-refractivity contribution in [2.24, 2.45) is 0 Å². The van der Waals surface area contributed by atoms with Gasteiger partial charge in [0.15, 0.2) is 18.1 Å². The van der Waals surface area contributed by atoms with E-state index in [0.717, 1.165) is 5.56 Å². The molecule has 1 aromatic heterocycles. The summed E-state index contributed by atoms with van der Waals surface area (Å²) in [4.78, 5) is 50.2. The maximum absolute atomic E-state index is 12.3. The van der Waals surface area contributed by atoms with Crippen LogP contribution in [-0.4, -0.2) is 46.8 Å². The van der Waals surface area contributed by atoms with Crippen molar-refractivity contribution >= 4 is 39.6 Å². The van der Waals surface area contributed by atoms with Crippen LogP contribution in [0.3, 0.4) is 0 Å². The molecule has 11 nitrogen and oxygen atoms in total. The number of aromatic amines is 1. The average Bonchev–Trinajstić information content (AvgIpc) is 2.81. The molecule has 0 fully saturated rings. The highest BCUT2D eigenvalue weighted by Gasteiger charge is 2.28. The summed E-state index contributed by atoms with van der Waals surface area (Å²) < 4.78 is 11.0. The number of carbonyl (C=O) groups is 3. The summed E-state index contributed by atoms with van der Waals surface area (Å²) in [5.41, 5.74) is 3.71. The molecule has 0 bridgehead atoms. The maximum atomic E-state index is 12.3. The number of anilines is 1. The molecule has 0 unspecified atom stereocenters. The second-order valence-corrected chi connectivity index (χ2v) is 7.99. The van der Waals surface area contributed by atoms with Crippen LogP contribution < -0.4 is 26.1 Å². The maximum Gasteiger partial charge on any atom is 0.342 e. The van der Waals surface area contributed by atoms with E-state index >= 15 is 0 Å². The van der Waals surface area contributed by atoms with Gasteiger partial charge in [0.1, 0.15) is 16.9 Å². The second kappa shape index (κ2) is 10.7. The minimum atomic E-state index is -1.65. The van der Waals surface area contributed by atoms with Gasteiger partial charge in [0.25, 0.3) is 11.5 Å². The van der Waals surface area contributed by atoms with Crippen molar-refractivity contribution in [2.75, 3.05) is 19.5 Å². The van der Waals surface area contributed by atoms with E-state index in [-0.39, 0.29) is 28.1 Å². The fourth-order valence-electron chi connectivity index (χ4n) is 3.31. The monoisotopic (exact) mass is 545 g/mol. The topological polar surface area (TPSA) is 181 Å². The zero-order valence-corrected chi connectivity index (χ0v) is 19.8. The number of nitrogens with one attached hydrogen (secondary N) is 2. The SMILES string of the molecule is COc1cc(-c2c(C(=O)O)c(N)[nH]c(=O)c2C(=O)O)c(Br)cc1OCC(=O)NCc1ccccc1.